The van der Waals surface area contributed by atoms with Crippen LogP contribution in [0.5, 0.6) is 5.75 Å². The van der Waals surface area contributed by atoms with E-state index in [1.807, 2.05) is 13.8 Å². The number of hydrogen-bond donors (Lipinski definition) is 2. The summed E-state index contributed by atoms with van der Waals surface area (Å²) in [6.45, 7) is 5.22. The van der Waals surface area contributed by atoms with Gasteiger partial charge in [0.05, 0.1) is 5.69 Å². The summed E-state index contributed by atoms with van der Waals surface area (Å²) in [5.74, 6) is 0.243. The Morgan fingerprint density at radius 3 is 2.55 bits per heavy atom. The summed E-state index contributed by atoms with van der Waals surface area (Å²) < 4.78 is 41.7. The van der Waals surface area contributed by atoms with Crippen molar-refractivity contribution in [3.8, 4) is 5.75 Å². The third kappa shape index (κ3) is 5.34. The second-order valence-corrected chi connectivity index (χ2v) is 4.80. The van der Waals surface area contributed by atoms with E-state index in [0.717, 1.165) is 5.69 Å². The lowest BCUT2D eigenvalue weighted by atomic mass is 10.2. The first-order valence-corrected chi connectivity index (χ1v) is 6.27. The molecule has 1 unspecified atom stereocenters. The SMILES string of the molecule is Cc1ccc(OCC(O)C(F)(F)F)c(CNC(C)C)n1. The molecular weight excluding hydrogens is 273 g/mol. The van der Waals surface area contributed by atoms with Crippen LogP contribution in [0.1, 0.15) is 25.2 Å². The number of alkyl halides is 3. The minimum Gasteiger partial charge on any atom is -0.489 e. The summed E-state index contributed by atoms with van der Waals surface area (Å²) in [7, 11) is 0. The van der Waals surface area contributed by atoms with E-state index in [2.05, 4.69) is 10.3 Å². The van der Waals surface area contributed by atoms with Gasteiger partial charge in [-0.2, -0.15) is 13.2 Å². The zero-order valence-corrected chi connectivity index (χ0v) is 11.7. The van der Waals surface area contributed by atoms with Crippen molar-refractivity contribution in [3.05, 3.63) is 23.5 Å². The Balaban J connectivity index is 2.73. The van der Waals surface area contributed by atoms with Crippen LogP contribution in [0.25, 0.3) is 0 Å². The quantitative estimate of drug-likeness (QED) is 0.844. The first kappa shape index (κ1) is 16.7. The van der Waals surface area contributed by atoms with E-state index < -0.39 is 18.9 Å². The lowest BCUT2D eigenvalue weighted by Gasteiger charge is -2.17. The third-order valence-corrected chi connectivity index (χ3v) is 2.52. The second kappa shape index (κ2) is 6.90. The maximum atomic E-state index is 12.2. The molecule has 7 heteroatoms. The highest BCUT2D eigenvalue weighted by Crippen LogP contribution is 2.22. The molecule has 1 atom stereocenters. The van der Waals surface area contributed by atoms with E-state index in [-0.39, 0.29) is 11.8 Å². The zero-order chi connectivity index (χ0) is 15.3. The van der Waals surface area contributed by atoms with Gasteiger partial charge in [0.15, 0.2) is 6.10 Å². The fraction of sp³-hybridized carbons (Fsp3) is 0.615. The maximum absolute atomic E-state index is 12.2. The van der Waals surface area contributed by atoms with Crippen molar-refractivity contribution in [3.63, 3.8) is 0 Å². The number of nitrogens with zero attached hydrogens (tertiary/aromatic N) is 1. The van der Waals surface area contributed by atoms with Gasteiger partial charge in [0.25, 0.3) is 0 Å². The van der Waals surface area contributed by atoms with Gasteiger partial charge in [-0.25, -0.2) is 0 Å². The van der Waals surface area contributed by atoms with Crippen molar-refractivity contribution in [2.45, 2.75) is 45.6 Å². The molecule has 0 fully saturated rings. The third-order valence-electron chi connectivity index (χ3n) is 2.52. The number of ether oxygens (including phenoxy) is 1. The van der Waals surface area contributed by atoms with Crippen molar-refractivity contribution < 1.29 is 23.0 Å². The molecule has 1 rings (SSSR count). The summed E-state index contributed by atoms with van der Waals surface area (Å²) in [5, 5.41) is 12.0. The molecule has 4 nitrogen and oxygen atoms in total. The van der Waals surface area contributed by atoms with Crippen LogP contribution in [0.2, 0.25) is 0 Å². The average molecular weight is 292 g/mol. The second-order valence-electron chi connectivity index (χ2n) is 4.80. The molecule has 0 amide bonds. The maximum Gasteiger partial charge on any atom is 0.417 e. The van der Waals surface area contributed by atoms with E-state index in [4.69, 9.17) is 9.84 Å². The largest absolute Gasteiger partial charge is 0.489 e. The van der Waals surface area contributed by atoms with Crippen LogP contribution in [-0.2, 0) is 6.54 Å². The number of rotatable bonds is 6. The standard InChI is InChI=1S/C13H19F3N2O2/c1-8(2)17-6-10-11(5-4-9(3)18-10)20-7-12(19)13(14,15)16/h4-5,8,12,17,19H,6-7H2,1-3H3. The molecule has 0 spiro atoms. The van der Waals surface area contributed by atoms with Gasteiger partial charge in [-0.3, -0.25) is 4.98 Å². The number of aryl methyl sites for hydroxylation is 1. The molecule has 1 aromatic rings. The topological polar surface area (TPSA) is 54.4 Å². The Bertz CT molecular complexity index is 436. The number of aliphatic hydroxyl groups is 1. The van der Waals surface area contributed by atoms with Gasteiger partial charge >= 0.3 is 6.18 Å². The van der Waals surface area contributed by atoms with Gasteiger partial charge in [0.1, 0.15) is 12.4 Å². The van der Waals surface area contributed by atoms with E-state index in [9.17, 15) is 13.2 Å². The molecule has 114 valence electrons. The molecule has 2 N–H and O–H groups in total. The van der Waals surface area contributed by atoms with Crippen LogP contribution < -0.4 is 10.1 Å². The van der Waals surface area contributed by atoms with Crippen LogP contribution in [0, 0.1) is 6.92 Å². The van der Waals surface area contributed by atoms with Gasteiger partial charge in [0.2, 0.25) is 0 Å². The molecule has 0 aliphatic carbocycles. The van der Waals surface area contributed by atoms with E-state index in [1.165, 1.54) is 0 Å². The van der Waals surface area contributed by atoms with Gasteiger partial charge < -0.3 is 15.2 Å². The number of aromatic nitrogens is 1. The van der Waals surface area contributed by atoms with Crippen molar-refractivity contribution in [1.82, 2.24) is 10.3 Å². The lowest BCUT2D eigenvalue weighted by Crippen LogP contribution is -2.34. The average Bonchev–Trinajstić information content (AvgIpc) is 2.33. The van der Waals surface area contributed by atoms with Gasteiger partial charge in [-0.15, -0.1) is 0 Å². The number of nitrogens with one attached hydrogen (secondary N) is 1. The first-order chi connectivity index (χ1) is 9.20. The van der Waals surface area contributed by atoms with Gasteiger partial charge in [0, 0.05) is 18.3 Å². The van der Waals surface area contributed by atoms with E-state index in [0.29, 0.717) is 12.2 Å². The summed E-state index contributed by atoms with van der Waals surface area (Å²) in [5.41, 5.74) is 1.27. The normalized spacial score (nSPS) is 13.6. The monoisotopic (exact) mass is 292 g/mol. The number of aliphatic hydroxyl groups excluding tert-OH is 1. The summed E-state index contributed by atoms with van der Waals surface area (Å²) >= 11 is 0. The van der Waals surface area contributed by atoms with Crippen LogP contribution in [0.15, 0.2) is 12.1 Å². The van der Waals surface area contributed by atoms with Crippen molar-refractivity contribution in [2.24, 2.45) is 0 Å². The number of halogens is 3. The number of pyridine rings is 1. The number of hydrogen-bond acceptors (Lipinski definition) is 4. The molecule has 1 heterocycles. The molecule has 0 bridgehead atoms. The molecule has 0 radical (unpaired) electrons. The summed E-state index contributed by atoms with van der Waals surface area (Å²) in [6, 6.07) is 3.42. The van der Waals surface area contributed by atoms with Crippen LogP contribution >= 0.6 is 0 Å². The minimum atomic E-state index is -4.69. The Hall–Kier alpha value is -1.34. The van der Waals surface area contributed by atoms with E-state index >= 15 is 0 Å². The van der Waals surface area contributed by atoms with Crippen LogP contribution in [-0.4, -0.2) is 35.0 Å². The lowest BCUT2D eigenvalue weighted by molar-refractivity contribution is -0.210. The van der Waals surface area contributed by atoms with Gasteiger partial charge in [-0.1, -0.05) is 13.8 Å². The van der Waals surface area contributed by atoms with Crippen molar-refractivity contribution in [2.75, 3.05) is 6.61 Å². The molecule has 20 heavy (non-hydrogen) atoms. The smallest absolute Gasteiger partial charge is 0.417 e. The summed E-state index contributed by atoms with van der Waals surface area (Å²) in [4.78, 5) is 4.23. The van der Waals surface area contributed by atoms with Crippen LogP contribution in [0.3, 0.4) is 0 Å². The highest BCUT2D eigenvalue weighted by atomic mass is 19.4. The molecule has 1 aromatic heterocycles. The minimum absolute atomic E-state index is 0.214. The van der Waals surface area contributed by atoms with Crippen molar-refractivity contribution in [1.29, 1.82) is 0 Å². The van der Waals surface area contributed by atoms with Crippen LogP contribution in [0.4, 0.5) is 13.2 Å². The highest BCUT2D eigenvalue weighted by Gasteiger charge is 2.38. The molecule has 0 saturated heterocycles. The Morgan fingerprint density at radius 2 is 2.00 bits per heavy atom. The molecule has 0 aliphatic rings. The molecule has 0 saturated carbocycles. The molecular formula is C13H19F3N2O2. The summed E-state index contributed by atoms with van der Waals surface area (Å²) in [6.07, 6.45) is -7.19. The molecule has 0 aliphatic heterocycles. The fourth-order valence-corrected chi connectivity index (χ4v) is 1.42. The Labute approximate surface area is 116 Å². The highest BCUT2D eigenvalue weighted by molar-refractivity contribution is 5.29. The molecule has 0 aromatic carbocycles. The predicted octanol–water partition coefficient (Wildman–Crippen LogP) is 2.19. The fourth-order valence-electron chi connectivity index (χ4n) is 1.42. The Kier molecular flexibility index (Phi) is 5.76. The van der Waals surface area contributed by atoms with Gasteiger partial charge in [-0.05, 0) is 19.1 Å². The zero-order valence-electron chi connectivity index (χ0n) is 11.7. The first-order valence-electron chi connectivity index (χ1n) is 6.27. The van der Waals surface area contributed by atoms with E-state index in [1.54, 1.807) is 19.1 Å². The van der Waals surface area contributed by atoms with Crippen molar-refractivity contribution >= 4 is 0 Å². The Morgan fingerprint density at radius 1 is 1.35 bits per heavy atom. The predicted molar refractivity (Wildman–Crippen MR) is 68.5 cm³/mol.